The number of fused-ring (bicyclic) bond motifs is 4. The number of rotatable bonds is 4. The van der Waals surface area contributed by atoms with Crippen molar-refractivity contribution in [1.29, 1.82) is 0 Å². The highest BCUT2D eigenvalue weighted by atomic mass is 79.9. The van der Waals surface area contributed by atoms with Crippen LogP contribution in [0.5, 0.6) is 0 Å². The van der Waals surface area contributed by atoms with Gasteiger partial charge in [-0.25, -0.2) is 0 Å². The van der Waals surface area contributed by atoms with E-state index in [-0.39, 0.29) is 35.1 Å². The van der Waals surface area contributed by atoms with Gasteiger partial charge in [0.05, 0.1) is 26.8 Å². The molecule has 1 aromatic carbocycles. The van der Waals surface area contributed by atoms with Crippen molar-refractivity contribution in [3.8, 4) is 0 Å². The summed E-state index contributed by atoms with van der Waals surface area (Å²) in [6.45, 7) is 8.58. The number of hydrogen-bond acceptors (Lipinski definition) is 5. The highest BCUT2D eigenvalue weighted by Gasteiger charge is 2.36. The Hall–Kier alpha value is -2.30. The molecule has 6 rings (SSSR count). The lowest BCUT2D eigenvalue weighted by molar-refractivity contribution is -0.142. The van der Waals surface area contributed by atoms with Gasteiger partial charge < -0.3 is 14.8 Å². The van der Waals surface area contributed by atoms with Crippen LogP contribution in [0, 0.1) is 11.3 Å². The number of nitrogens with one attached hydrogen (secondary N) is 2. The zero-order chi connectivity index (χ0) is 29.1. The number of alkyl halides is 1. The number of benzene rings is 1. The number of piperidine rings is 1. The van der Waals surface area contributed by atoms with Crippen LogP contribution in [0.25, 0.3) is 10.9 Å². The molecule has 3 aromatic rings. The van der Waals surface area contributed by atoms with Crippen molar-refractivity contribution in [3.05, 3.63) is 56.1 Å². The Bertz CT molecular complexity index is 1570. The molecule has 8 nitrogen and oxygen atoms in total. The van der Waals surface area contributed by atoms with E-state index in [1.807, 2.05) is 15.9 Å². The third-order valence-electron chi connectivity index (χ3n) is 8.47. The van der Waals surface area contributed by atoms with Crippen molar-refractivity contribution in [1.82, 2.24) is 25.0 Å². The molecule has 1 fully saturated rings. The maximum atomic E-state index is 13.9. The van der Waals surface area contributed by atoms with E-state index in [1.165, 1.54) is 0 Å². The lowest BCUT2D eigenvalue weighted by atomic mass is 9.89. The van der Waals surface area contributed by atoms with E-state index < -0.39 is 5.92 Å². The summed E-state index contributed by atoms with van der Waals surface area (Å²) >= 11 is 12.0. The topological polar surface area (TPSA) is 102 Å². The molecule has 2 atom stereocenters. The predicted molar refractivity (Wildman–Crippen MR) is 166 cm³/mol. The Morgan fingerprint density at radius 3 is 2.68 bits per heavy atom. The first-order valence-electron chi connectivity index (χ1n) is 14.2. The fraction of sp³-hybridized carbons (Fsp3) is 0.533. The minimum absolute atomic E-state index is 0.00278. The zero-order valence-electron chi connectivity index (χ0n) is 23.6. The fourth-order valence-electron chi connectivity index (χ4n) is 6.54. The van der Waals surface area contributed by atoms with Crippen LogP contribution < -0.4 is 5.56 Å². The quantitative estimate of drug-likeness (QED) is 0.354. The molecule has 0 saturated carbocycles. The van der Waals surface area contributed by atoms with Gasteiger partial charge in [-0.1, -0.05) is 48.3 Å². The van der Waals surface area contributed by atoms with Gasteiger partial charge in [-0.15, -0.1) is 11.8 Å². The van der Waals surface area contributed by atoms with Gasteiger partial charge in [0.1, 0.15) is 0 Å². The van der Waals surface area contributed by atoms with E-state index in [9.17, 15) is 14.4 Å². The number of pyridine rings is 1. The standard InChI is InChI=1S/C30H35BrClN5O3S/c1-30(2,3)15-37-14-21-17(9-22(32)27-20(21)13-33-35-27)8-18(29(37)40)10-26(38)36-6-4-16(5-7-36)19-11-24-23(34-28(19)39)12-25(31)41-24/h9,11,13,16,18,25H,4-8,10,12,14-15H2,1-3H3,(H,33,35)(H,34,39)/t18-,25?/m0/s1. The smallest absolute Gasteiger partial charge is 0.251 e. The summed E-state index contributed by atoms with van der Waals surface area (Å²) in [5.41, 5.74) is 4.55. The fourth-order valence-corrected chi connectivity index (χ4v) is 8.74. The van der Waals surface area contributed by atoms with Crippen LogP contribution in [-0.4, -0.2) is 60.6 Å². The second kappa shape index (κ2) is 11.1. The molecule has 2 N–H and O–H groups in total. The molecule has 218 valence electrons. The van der Waals surface area contributed by atoms with E-state index >= 15 is 0 Å². The number of thioether (sulfide) groups is 1. The first-order valence-corrected chi connectivity index (χ1v) is 16.4. The van der Waals surface area contributed by atoms with E-state index in [2.05, 4.69) is 57.9 Å². The highest BCUT2D eigenvalue weighted by Crippen LogP contribution is 2.40. The molecular formula is C30H35BrClN5O3S. The van der Waals surface area contributed by atoms with E-state index in [1.54, 1.807) is 18.0 Å². The number of aromatic amines is 2. The van der Waals surface area contributed by atoms with Gasteiger partial charge in [0.15, 0.2) is 0 Å². The molecular weight excluding hydrogens is 626 g/mol. The Labute approximate surface area is 257 Å². The molecule has 5 heterocycles. The number of likely N-dealkylation sites (tertiary alicyclic amines) is 1. The normalized spacial score (nSPS) is 21.7. The van der Waals surface area contributed by atoms with Crippen molar-refractivity contribution in [2.24, 2.45) is 11.3 Å². The van der Waals surface area contributed by atoms with Gasteiger partial charge >= 0.3 is 0 Å². The maximum absolute atomic E-state index is 13.9. The molecule has 2 amide bonds. The van der Waals surface area contributed by atoms with Crippen LogP contribution in [0.4, 0.5) is 0 Å². The molecule has 0 bridgehead atoms. The maximum Gasteiger partial charge on any atom is 0.251 e. The summed E-state index contributed by atoms with van der Waals surface area (Å²) in [4.78, 5) is 48.4. The monoisotopic (exact) mass is 659 g/mol. The molecule has 2 aromatic heterocycles. The number of carbonyl (C=O) groups excluding carboxylic acids is 2. The second-order valence-electron chi connectivity index (χ2n) is 12.8. The van der Waals surface area contributed by atoms with Crippen molar-refractivity contribution >= 4 is 62.0 Å². The third-order valence-corrected chi connectivity index (χ3v) is 10.7. The van der Waals surface area contributed by atoms with Gasteiger partial charge in [0, 0.05) is 60.6 Å². The van der Waals surface area contributed by atoms with E-state index in [0.29, 0.717) is 41.8 Å². The van der Waals surface area contributed by atoms with Crippen LogP contribution in [0.1, 0.15) is 68.3 Å². The van der Waals surface area contributed by atoms with Gasteiger partial charge in [0.2, 0.25) is 11.8 Å². The summed E-state index contributed by atoms with van der Waals surface area (Å²) in [7, 11) is 0. The molecule has 41 heavy (non-hydrogen) atoms. The molecule has 11 heteroatoms. The van der Waals surface area contributed by atoms with Crippen LogP contribution in [-0.2, 0) is 29.0 Å². The first kappa shape index (κ1) is 28.8. The summed E-state index contributed by atoms with van der Waals surface area (Å²) in [5.74, 6) is -0.328. The van der Waals surface area contributed by atoms with Crippen molar-refractivity contribution < 1.29 is 9.59 Å². The number of hydrogen-bond donors (Lipinski definition) is 2. The van der Waals surface area contributed by atoms with Gasteiger partial charge in [-0.05, 0) is 53.9 Å². The minimum atomic E-state index is -0.460. The number of nitrogens with zero attached hydrogens (tertiary/aromatic N) is 3. The second-order valence-corrected chi connectivity index (χ2v) is 16.2. The average Bonchev–Trinajstić information content (AvgIpc) is 3.52. The molecule has 3 aliphatic rings. The lowest BCUT2D eigenvalue weighted by Gasteiger charge is -2.34. The average molecular weight is 661 g/mol. The van der Waals surface area contributed by atoms with Crippen LogP contribution in [0.3, 0.4) is 0 Å². The Balaban J connectivity index is 1.18. The van der Waals surface area contributed by atoms with Crippen molar-refractivity contribution in [2.75, 3.05) is 19.6 Å². The predicted octanol–water partition coefficient (Wildman–Crippen LogP) is 5.62. The Morgan fingerprint density at radius 1 is 1.20 bits per heavy atom. The lowest BCUT2D eigenvalue weighted by Crippen LogP contribution is -2.43. The largest absolute Gasteiger partial charge is 0.343 e. The van der Waals surface area contributed by atoms with Gasteiger partial charge in [-0.2, -0.15) is 5.10 Å². The number of H-pyrrole nitrogens is 2. The molecule has 3 aliphatic heterocycles. The summed E-state index contributed by atoms with van der Waals surface area (Å²) < 4.78 is 0.294. The molecule has 0 radical (unpaired) electrons. The van der Waals surface area contributed by atoms with E-state index in [0.717, 1.165) is 57.4 Å². The van der Waals surface area contributed by atoms with Crippen LogP contribution in [0.2, 0.25) is 5.02 Å². The van der Waals surface area contributed by atoms with Crippen molar-refractivity contribution in [3.63, 3.8) is 0 Å². The number of halogens is 2. The third kappa shape index (κ3) is 5.84. The molecule has 1 saturated heterocycles. The summed E-state index contributed by atoms with van der Waals surface area (Å²) in [5, 5.41) is 8.69. The molecule has 0 spiro atoms. The highest BCUT2D eigenvalue weighted by molar-refractivity contribution is 9.11. The van der Waals surface area contributed by atoms with Gasteiger partial charge in [-0.3, -0.25) is 19.5 Å². The van der Waals surface area contributed by atoms with E-state index in [4.69, 9.17) is 11.6 Å². The van der Waals surface area contributed by atoms with Crippen LogP contribution >= 0.6 is 39.3 Å². The molecule has 0 aliphatic carbocycles. The van der Waals surface area contributed by atoms with Gasteiger partial charge in [0.25, 0.3) is 5.56 Å². The Morgan fingerprint density at radius 2 is 1.95 bits per heavy atom. The first-order chi connectivity index (χ1) is 19.5. The summed E-state index contributed by atoms with van der Waals surface area (Å²) in [6, 6.07) is 3.98. The Kier molecular flexibility index (Phi) is 7.78. The number of aromatic nitrogens is 3. The summed E-state index contributed by atoms with van der Waals surface area (Å²) in [6.07, 6.45) is 4.70. The van der Waals surface area contributed by atoms with Crippen molar-refractivity contribution in [2.45, 2.75) is 74.4 Å². The zero-order valence-corrected chi connectivity index (χ0v) is 26.7. The number of carbonyl (C=O) groups is 2. The SMILES string of the molecule is CC(C)(C)CN1Cc2c(cc(Cl)c3[nH]ncc23)C[C@@H](CC(=O)N2CCC(c3cc4c([nH]c3=O)CC(Br)S4)CC2)C1=O. The van der Waals surface area contributed by atoms with Crippen LogP contribution in [0.15, 0.2) is 28.0 Å². The molecule has 1 unspecified atom stereocenters. The minimum Gasteiger partial charge on any atom is -0.343 e. The number of amides is 2.